The average Bonchev–Trinajstić information content (AvgIpc) is 2.94. The Morgan fingerprint density at radius 3 is 2.81 bits per heavy atom. The third-order valence-electron chi connectivity index (χ3n) is 3.68. The molecule has 2 amide bonds. The molecule has 0 spiro atoms. The second kappa shape index (κ2) is 7.26. The van der Waals surface area contributed by atoms with E-state index in [2.05, 4.69) is 10.6 Å². The number of hydrogen-bond acceptors (Lipinski definition) is 3. The largest absolute Gasteiger partial charge is 0.491 e. The summed E-state index contributed by atoms with van der Waals surface area (Å²) in [5.41, 5.74) is 0.0572. The molecule has 116 valence electrons. The topological polar surface area (TPSA) is 70.6 Å². The predicted molar refractivity (Wildman–Crippen MR) is 78.4 cm³/mol. The van der Waals surface area contributed by atoms with E-state index in [1.165, 1.54) is 0 Å². The Kier molecular flexibility index (Phi) is 5.38. The van der Waals surface area contributed by atoms with Crippen LogP contribution in [0, 0.1) is 0 Å². The summed E-state index contributed by atoms with van der Waals surface area (Å²) >= 11 is 0. The molecule has 1 aromatic carbocycles. The van der Waals surface area contributed by atoms with Crippen molar-refractivity contribution >= 4 is 11.7 Å². The summed E-state index contributed by atoms with van der Waals surface area (Å²) < 4.78 is 17.2. The van der Waals surface area contributed by atoms with Crippen LogP contribution in [0.4, 0.5) is 14.9 Å². The highest BCUT2D eigenvalue weighted by Crippen LogP contribution is 2.29. The molecule has 0 atom stereocenters. The molecule has 0 bridgehead atoms. The van der Waals surface area contributed by atoms with Gasteiger partial charge in [-0.3, -0.25) is 0 Å². The Balaban J connectivity index is 1.93. The zero-order valence-corrected chi connectivity index (χ0v) is 11.9. The van der Waals surface area contributed by atoms with Gasteiger partial charge in [-0.15, -0.1) is 0 Å². The predicted octanol–water partition coefficient (Wildman–Crippen LogP) is 2.46. The van der Waals surface area contributed by atoms with E-state index in [-0.39, 0.29) is 19.2 Å². The number of aliphatic hydroxyl groups excluding tert-OH is 1. The maximum atomic E-state index is 12.1. The number of aliphatic hydroxyl groups is 1. The summed E-state index contributed by atoms with van der Waals surface area (Å²) in [6, 6.07) is 6.43. The lowest BCUT2D eigenvalue weighted by Crippen LogP contribution is -2.50. The third kappa shape index (κ3) is 4.32. The zero-order chi connectivity index (χ0) is 15.1. The highest BCUT2D eigenvalue weighted by Gasteiger charge is 2.34. The number of ether oxygens (including phenoxy) is 1. The smallest absolute Gasteiger partial charge is 0.319 e. The number of alkyl halides is 1. The maximum Gasteiger partial charge on any atom is 0.319 e. The summed E-state index contributed by atoms with van der Waals surface area (Å²) in [4.78, 5) is 12.0. The van der Waals surface area contributed by atoms with Crippen molar-refractivity contribution in [2.75, 3.05) is 25.2 Å². The summed E-state index contributed by atoms with van der Waals surface area (Å²) in [5, 5.41) is 15.0. The fourth-order valence-electron chi connectivity index (χ4n) is 2.60. The molecule has 1 saturated carbocycles. The van der Waals surface area contributed by atoms with Crippen molar-refractivity contribution in [1.82, 2.24) is 5.32 Å². The second-order valence-electron chi connectivity index (χ2n) is 5.29. The number of amides is 2. The van der Waals surface area contributed by atoms with E-state index in [0.29, 0.717) is 11.4 Å². The van der Waals surface area contributed by atoms with Gasteiger partial charge in [-0.2, -0.15) is 0 Å². The lowest BCUT2D eigenvalue weighted by Gasteiger charge is -2.28. The molecule has 1 fully saturated rings. The van der Waals surface area contributed by atoms with Crippen LogP contribution in [0.15, 0.2) is 24.3 Å². The minimum Gasteiger partial charge on any atom is -0.491 e. The van der Waals surface area contributed by atoms with E-state index >= 15 is 0 Å². The van der Waals surface area contributed by atoms with Crippen LogP contribution < -0.4 is 15.4 Å². The van der Waals surface area contributed by atoms with Crippen molar-refractivity contribution in [3.05, 3.63) is 24.3 Å². The number of halogens is 1. The lowest BCUT2D eigenvalue weighted by atomic mass is 9.99. The van der Waals surface area contributed by atoms with Crippen LogP contribution in [-0.4, -0.2) is 36.6 Å². The van der Waals surface area contributed by atoms with Crippen molar-refractivity contribution in [1.29, 1.82) is 0 Å². The first-order valence-corrected chi connectivity index (χ1v) is 7.16. The van der Waals surface area contributed by atoms with Crippen molar-refractivity contribution < 1.29 is 19.0 Å². The van der Waals surface area contributed by atoms with E-state index in [9.17, 15) is 14.3 Å². The van der Waals surface area contributed by atoms with Crippen molar-refractivity contribution in [3.8, 4) is 5.75 Å². The average molecular weight is 296 g/mol. The molecule has 5 nitrogen and oxygen atoms in total. The van der Waals surface area contributed by atoms with E-state index in [1.54, 1.807) is 24.3 Å². The molecular formula is C15H21FN2O3. The molecule has 0 saturated heterocycles. The molecule has 1 aliphatic rings. The molecule has 6 heteroatoms. The molecule has 0 unspecified atom stereocenters. The van der Waals surface area contributed by atoms with Crippen molar-refractivity contribution in [2.45, 2.75) is 31.2 Å². The van der Waals surface area contributed by atoms with E-state index in [1.807, 2.05) is 0 Å². The Morgan fingerprint density at radius 1 is 1.38 bits per heavy atom. The molecule has 1 aromatic rings. The van der Waals surface area contributed by atoms with Crippen molar-refractivity contribution in [2.24, 2.45) is 0 Å². The van der Waals surface area contributed by atoms with Gasteiger partial charge in [0.1, 0.15) is 19.0 Å². The zero-order valence-electron chi connectivity index (χ0n) is 11.9. The van der Waals surface area contributed by atoms with E-state index in [4.69, 9.17) is 4.74 Å². The molecule has 0 heterocycles. The van der Waals surface area contributed by atoms with Gasteiger partial charge in [0.05, 0.1) is 12.1 Å². The third-order valence-corrected chi connectivity index (χ3v) is 3.68. The lowest BCUT2D eigenvalue weighted by molar-refractivity contribution is 0.167. The number of hydrogen-bond donors (Lipinski definition) is 3. The summed E-state index contributed by atoms with van der Waals surface area (Å²) in [6.45, 7) is -0.624. The molecule has 0 aliphatic heterocycles. The van der Waals surface area contributed by atoms with Gasteiger partial charge in [-0.1, -0.05) is 18.9 Å². The van der Waals surface area contributed by atoms with Crippen LogP contribution in [-0.2, 0) is 0 Å². The summed E-state index contributed by atoms with van der Waals surface area (Å²) in [5.74, 6) is 0.503. The molecule has 0 aromatic heterocycles. The number of urea groups is 1. The quantitative estimate of drug-likeness (QED) is 0.755. The minimum atomic E-state index is -0.558. The van der Waals surface area contributed by atoms with Crippen LogP contribution in [0.3, 0.4) is 0 Å². The van der Waals surface area contributed by atoms with Crippen LogP contribution >= 0.6 is 0 Å². The maximum absolute atomic E-state index is 12.1. The Morgan fingerprint density at radius 2 is 2.14 bits per heavy atom. The highest BCUT2D eigenvalue weighted by molar-refractivity contribution is 5.90. The second-order valence-corrected chi connectivity index (χ2v) is 5.29. The Bertz CT molecular complexity index is 476. The molecular weight excluding hydrogens is 275 g/mol. The first kappa shape index (κ1) is 15.6. The molecule has 2 rings (SSSR count). The fraction of sp³-hybridized carbons (Fsp3) is 0.533. The number of rotatable bonds is 6. The van der Waals surface area contributed by atoms with Crippen molar-refractivity contribution in [3.63, 3.8) is 0 Å². The number of nitrogens with one attached hydrogen (secondary N) is 2. The SMILES string of the molecule is O=C(Nc1cccc(OCCF)c1)NC1(CO)CCCC1. The molecule has 3 N–H and O–H groups in total. The van der Waals surface area contributed by atoms with Crippen LogP contribution in [0.25, 0.3) is 0 Å². The van der Waals surface area contributed by atoms with Gasteiger partial charge < -0.3 is 20.5 Å². The monoisotopic (exact) mass is 296 g/mol. The van der Waals surface area contributed by atoms with Gasteiger partial charge in [0.2, 0.25) is 0 Å². The van der Waals surface area contributed by atoms with Crippen LogP contribution in [0.2, 0.25) is 0 Å². The minimum absolute atomic E-state index is 0.0106. The van der Waals surface area contributed by atoms with E-state index < -0.39 is 12.2 Å². The molecule has 0 radical (unpaired) electrons. The Labute approximate surface area is 123 Å². The fourth-order valence-corrected chi connectivity index (χ4v) is 2.60. The number of carbonyl (C=O) groups excluding carboxylic acids is 1. The number of benzene rings is 1. The number of carbonyl (C=O) groups is 1. The first-order chi connectivity index (χ1) is 10.2. The van der Waals surface area contributed by atoms with Gasteiger partial charge in [0.25, 0.3) is 0 Å². The van der Waals surface area contributed by atoms with Gasteiger partial charge in [-0.25, -0.2) is 9.18 Å². The van der Waals surface area contributed by atoms with Gasteiger partial charge in [0.15, 0.2) is 0 Å². The number of anilines is 1. The van der Waals surface area contributed by atoms with Gasteiger partial charge in [-0.05, 0) is 25.0 Å². The van der Waals surface area contributed by atoms with E-state index in [0.717, 1.165) is 25.7 Å². The summed E-state index contributed by atoms with van der Waals surface area (Å²) in [7, 11) is 0. The first-order valence-electron chi connectivity index (χ1n) is 7.16. The summed E-state index contributed by atoms with van der Waals surface area (Å²) in [6.07, 6.45) is 3.59. The molecule has 21 heavy (non-hydrogen) atoms. The van der Waals surface area contributed by atoms with Gasteiger partial charge in [0, 0.05) is 11.8 Å². The standard InChI is InChI=1S/C15H21FN2O3/c16-8-9-21-13-5-3-4-12(10-13)17-14(20)18-15(11-19)6-1-2-7-15/h3-5,10,19H,1-2,6-9,11H2,(H2,17,18,20). The molecule has 1 aliphatic carbocycles. The normalized spacial score (nSPS) is 16.5. The highest BCUT2D eigenvalue weighted by atomic mass is 19.1. The van der Waals surface area contributed by atoms with Gasteiger partial charge >= 0.3 is 6.03 Å². The Hall–Kier alpha value is -1.82. The van der Waals surface area contributed by atoms with Crippen LogP contribution in [0.1, 0.15) is 25.7 Å². The van der Waals surface area contributed by atoms with Crippen LogP contribution in [0.5, 0.6) is 5.75 Å².